The molecule has 0 bridgehead atoms. The normalized spacial score (nSPS) is 26.0. The minimum absolute atomic E-state index is 0.0513. The van der Waals surface area contributed by atoms with Crippen LogP contribution in [0.25, 0.3) is 11.2 Å². The zero-order chi connectivity index (χ0) is 13.6. The molecule has 6 nitrogen and oxygen atoms in total. The average Bonchev–Trinajstić information content (AvgIpc) is 2.95. The molecule has 2 heterocycles. The fourth-order valence-corrected chi connectivity index (χ4v) is 2.85. The van der Waals surface area contributed by atoms with Crippen molar-refractivity contribution >= 4 is 22.8 Å². The summed E-state index contributed by atoms with van der Waals surface area (Å²) in [4.78, 5) is 12.6. The van der Waals surface area contributed by atoms with E-state index >= 15 is 0 Å². The third kappa shape index (κ3) is 2.00. The van der Waals surface area contributed by atoms with Gasteiger partial charge in [-0.2, -0.15) is 0 Å². The molecule has 102 valence electrons. The third-order valence-electron chi connectivity index (χ3n) is 3.91. The van der Waals surface area contributed by atoms with Crippen LogP contribution in [0.1, 0.15) is 12.2 Å². The highest BCUT2D eigenvalue weighted by atomic mass is 35.5. The zero-order valence-electron chi connectivity index (χ0n) is 10.5. The number of aromatic nitrogens is 4. The first kappa shape index (κ1) is 12.8. The van der Waals surface area contributed by atoms with Gasteiger partial charge in [-0.1, -0.05) is 11.6 Å². The quantitative estimate of drug-likeness (QED) is 0.810. The van der Waals surface area contributed by atoms with Gasteiger partial charge in [0.05, 0.1) is 12.9 Å². The van der Waals surface area contributed by atoms with Gasteiger partial charge >= 0.3 is 0 Å². The summed E-state index contributed by atoms with van der Waals surface area (Å²) in [5, 5.41) is 19.1. The van der Waals surface area contributed by atoms with Gasteiger partial charge in [-0.15, -0.1) is 0 Å². The summed E-state index contributed by atoms with van der Waals surface area (Å²) in [5.74, 6) is 0.736. The van der Waals surface area contributed by atoms with E-state index < -0.39 is 0 Å². The Hall–Kier alpha value is -1.24. The van der Waals surface area contributed by atoms with Crippen LogP contribution in [-0.4, -0.2) is 42.9 Å². The summed E-state index contributed by atoms with van der Waals surface area (Å²) < 4.78 is 1.88. The Morgan fingerprint density at radius 3 is 2.89 bits per heavy atom. The molecule has 1 fully saturated rings. The number of rotatable bonds is 4. The average molecular weight is 283 g/mol. The molecule has 0 radical (unpaired) electrons. The van der Waals surface area contributed by atoms with Gasteiger partial charge in [0.1, 0.15) is 11.3 Å². The van der Waals surface area contributed by atoms with Crippen molar-refractivity contribution in [1.82, 2.24) is 19.5 Å². The molecule has 1 saturated carbocycles. The van der Waals surface area contributed by atoms with Crippen LogP contribution in [0.15, 0.2) is 6.33 Å². The minimum atomic E-state index is -0.256. The Balaban J connectivity index is 1.98. The number of nitrogens with zero attached hydrogens (tertiary/aromatic N) is 4. The van der Waals surface area contributed by atoms with Crippen molar-refractivity contribution in [2.75, 3.05) is 13.2 Å². The Bertz CT molecular complexity index is 629. The third-order valence-corrected chi connectivity index (χ3v) is 4.18. The largest absolute Gasteiger partial charge is 0.396 e. The van der Waals surface area contributed by atoms with Gasteiger partial charge in [-0.05, 0) is 19.3 Å². The zero-order valence-corrected chi connectivity index (χ0v) is 11.3. The number of aryl methyl sites for hydroxylation is 1. The Kier molecular flexibility index (Phi) is 2.96. The Morgan fingerprint density at radius 2 is 2.26 bits per heavy atom. The highest BCUT2D eigenvalue weighted by Crippen LogP contribution is 2.53. The van der Waals surface area contributed by atoms with Crippen molar-refractivity contribution in [1.29, 1.82) is 0 Å². The Labute approximate surface area is 115 Å². The van der Waals surface area contributed by atoms with E-state index in [2.05, 4.69) is 15.0 Å². The summed E-state index contributed by atoms with van der Waals surface area (Å²) in [5.41, 5.74) is 0.990. The lowest BCUT2D eigenvalue weighted by Gasteiger charge is -2.14. The van der Waals surface area contributed by atoms with Crippen molar-refractivity contribution in [2.45, 2.75) is 19.9 Å². The molecule has 2 aromatic heterocycles. The summed E-state index contributed by atoms with van der Waals surface area (Å²) in [7, 11) is 0. The summed E-state index contributed by atoms with van der Waals surface area (Å²) in [6, 6.07) is 0. The van der Waals surface area contributed by atoms with Crippen LogP contribution in [0.3, 0.4) is 0 Å². The van der Waals surface area contributed by atoms with Gasteiger partial charge in [0, 0.05) is 18.6 Å². The van der Waals surface area contributed by atoms with Gasteiger partial charge in [-0.25, -0.2) is 15.0 Å². The summed E-state index contributed by atoms with van der Waals surface area (Å²) >= 11 is 6.04. The van der Waals surface area contributed by atoms with Gasteiger partial charge < -0.3 is 14.8 Å². The van der Waals surface area contributed by atoms with E-state index in [4.69, 9.17) is 11.6 Å². The molecule has 7 heteroatoms. The van der Waals surface area contributed by atoms with Crippen LogP contribution < -0.4 is 0 Å². The maximum absolute atomic E-state index is 9.53. The number of aliphatic hydroxyl groups is 2. The second kappa shape index (κ2) is 4.40. The maximum atomic E-state index is 9.53. The predicted octanol–water partition coefficient (Wildman–Crippen LogP) is 0.779. The molecule has 0 aromatic carbocycles. The smallest absolute Gasteiger partial charge is 0.165 e. The van der Waals surface area contributed by atoms with E-state index in [9.17, 15) is 10.2 Å². The molecule has 1 unspecified atom stereocenters. The molecule has 0 aliphatic heterocycles. The van der Waals surface area contributed by atoms with Gasteiger partial charge in [-0.3, -0.25) is 0 Å². The first-order chi connectivity index (χ1) is 9.09. The molecular formula is C12H15ClN4O2. The lowest BCUT2D eigenvalue weighted by atomic mass is 10.1. The summed E-state index contributed by atoms with van der Waals surface area (Å²) in [6.07, 6.45) is 2.48. The fourth-order valence-electron chi connectivity index (χ4n) is 2.59. The number of imidazole rings is 1. The molecule has 0 spiro atoms. The van der Waals surface area contributed by atoms with Crippen LogP contribution in [0.2, 0.25) is 5.15 Å². The first-order valence-electron chi connectivity index (χ1n) is 6.16. The maximum Gasteiger partial charge on any atom is 0.165 e. The molecule has 2 atom stereocenters. The minimum Gasteiger partial charge on any atom is -0.396 e. The molecule has 0 saturated heterocycles. The van der Waals surface area contributed by atoms with Gasteiger partial charge in [0.25, 0.3) is 0 Å². The lowest BCUT2D eigenvalue weighted by molar-refractivity contribution is 0.158. The molecule has 3 rings (SSSR count). The standard InChI is InChI=1S/C12H15ClN4O2/c1-7-15-10(13)9-11(16-7)17(6-14-9)4-12(5-19)2-8(12)3-18/h6,8,18-19H,2-5H2,1H3/t8?,12-/m0/s1. The van der Waals surface area contributed by atoms with E-state index in [0.717, 1.165) is 6.42 Å². The fraction of sp³-hybridized carbons (Fsp3) is 0.583. The van der Waals surface area contributed by atoms with Crippen molar-refractivity contribution in [3.05, 3.63) is 17.3 Å². The lowest BCUT2D eigenvalue weighted by Crippen LogP contribution is -2.19. The second-order valence-electron chi connectivity index (χ2n) is 5.21. The van der Waals surface area contributed by atoms with Crippen molar-refractivity contribution in [3.8, 4) is 0 Å². The van der Waals surface area contributed by atoms with Gasteiger partial charge in [0.2, 0.25) is 0 Å². The van der Waals surface area contributed by atoms with Crippen LogP contribution in [0, 0.1) is 18.3 Å². The molecule has 2 aromatic rings. The number of aliphatic hydroxyl groups excluding tert-OH is 2. The first-order valence-corrected chi connectivity index (χ1v) is 6.54. The highest BCUT2D eigenvalue weighted by molar-refractivity contribution is 6.33. The molecular weight excluding hydrogens is 268 g/mol. The van der Waals surface area contributed by atoms with Crippen LogP contribution >= 0.6 is 11.6 Å². The van der Waals surface area contributed by atoms with Crippen LogP contribution in [0.4, 0.5) is 0 Å². The number of halogens is 1. The second-order valence-corrected chi connectivity index (χ2v) is 5.57. The highest BCUT2D eigenvalue weighted by Gasteiger charge is 2.53. The molecule has 2 N–H and O–H groups in total. The van der Waals surface area contributed by atoms with E-state index in [0.29, 0.717) is 28.7 Å². The molecule has 19 heavy (non-hydrogen) atoms. The molecule has 0 amide bonds. The van der Waals surface area contributed by atoms with E-state index in [1.165, 1.54) is 0 Å². The van der Waals surface area contributed by atoms with E-state index in [-0.39, 0.29) is 24.5 Å². The van der Waals surface area contributed by atoms with Gasteiger partial charge in [0.15, 0.2) is 10.8 Å². The van der Waals surface area contributed by atoms with Crippen molar-refractivity contribution < 1.29 is 10.2 Å². The Morgan fingerprint density at radius 1 is 1.47 bits per heavy atom. The summed E-state index contributed by atoms with van der Waals surface area (Å²) in [6.45, 7) is 2.51. The monoisotopic (exact) mass is 282 g/mol. The number of hydrogen-bond acceptors (Lipinski definition) is 5. The van der Waals surface area contributed by atoms with Crippen molar-refractivity contribution in [3.63, 3.8) is 0 Å². The SMILES string of the molecule is Cc1nc(Cl)c2ncn(C[C@]3(CO)CC3CO)c2n1. The number of fused-ring (bicyclic) bond motifs is 1. The van der Waals surface area contributed by atoms with E-state index in [1.807, 2.05) is 4.57 Å². The number of hydrogen-bond donors (Lipinski definition) is 2. The van der Waals surface area contributed by atoms with Crippen LogP contribution in [-0.2, 0) is 6.54 Å². The van der Waals surface area contributed by atoms with Crippen LogP contribution in [0.5, 0.6) is 0 Å². The molecule has 1 aliphatic carbocycles. The topological polar surface area (TPSA) is 84.1 Å². The van der Waals surface area contributed by atoms with Crippen molar-refractivity contribution in [2.24, 2.45) is 11.3 Å². The van der Waals surface area contributed by atoms with E-state index in [1.54, 1.807) is 13.3 Å². The molecule has 1 aliphatic rings. The predicted molar refractivity (Wildman–Crippen MR) is 69.8 cm³/mol.